The maximum absolute atomic E-state index is 12.9. The lowest BCUT2D eigenvalue weighted by Crippen LogP contribution is -2.45. The van der Waals surface area contributed by atoms with Crippen molar-refractivity contribution in [3.8, 4) is 22.7 Å². The van der Waals surface area contributed by atoms with E-state index in [0.717, 1.165) is 22.6 Å². The standard InChI is InChI=1S/C27H28N4O4/c1-5-14-35-22-13-12-19(15-17(22)3)24-21(16-31(30-24)20-10-8-7-9-11-20)25-23(26(32)34-6-2)18(4)28-27(33)29-25/h5,7-13,15-16,25H,1,6,14H2,2-4H3,(H2,28,29,33)/t25-/m0/s1. The SMILES string of the molecule is C=CCOc1ccc(-c2nn(-c3ccccc3)cc2[C@@H]2NC(=O)NC(C)=C2C(=O)OCC)cc1C. The molecule has 2 heterocycles. The van der Waals surface area contributed by atoms with Crippen LogP contribution < -0.4 is 15.4 Å². The number of nitrogens with one attached hydrogen (secondary N) is 2. The van der Waals surface area contributed by atoms with Crippen LogP contribution in [0, 0.1) is 6.92 Å². The van der Waals surface area contributed by atoms with E-state index in [1.54, 1.807) is 24.6 Å². The van der Waals surface area contributed by atoms with E-state index < -0.39 is 18.0 Å². The Morgan fingerprint density at radius 2 is 1.97 bits per heavy atom. The van der Waals surface area contributed by atoms with Crippen molar-refractivity contribution >= 4 is 12.0 Å². The van der Waals surface area contributed by atoms with E-state index in [9.17, 15) is 9.59 Å². The first-order chi connectivity index (χ1) is 16.9. The second kappa shape index (κ2) is 10.3. The number of ether oxygens (including phenoxy) is 2. The van der Waals surface area contributed by atoms with Crippen LogP contribution in [0.15, 0.2) is 78.7 Å². The van der Waals surface area contributed by atoms with Gasteiger partial charge in [0.2, 0.25) is 0 Å². The molecule has 4 rings (SSSR count). The average molecular weight is 473 g/mol. The first kappa shape index (κ1) is 23.8. The number of aromatic nitrogens is 2. The summed E-state index contributed by atoms with van der Waals surface area (Å²) in [5.41, 5.74) is 4.69. The summed E-state index contributed by atoms with van der Waals surface area (Å²) < 4.78 is 12.8. The van der Waals surface area contributed by atoms with E-state index in [-0.39, 0.29) is 6.61 Å². The number of carbonyl (C=O) groups is 2. The second-order valence-electron chi connectivity index (χ2n) is 8.08. The van der Waals surface area contributed by atoms with Crippen LogP contribution in [-0.2, 0) is 9.53 Å². The highest BCUT2D eigenvalue weighted by molar-refractivity contribution is 5.95. The number of rotatable bonds is 8. The Bertz CT molecular complexity index is 1290. The maximum Gasteiger partial charge on any atom is 0.338 e. The van der Waals surface area contributed by atoms with Gasteiger partial charge in [-0.3, -0.25) is 0 Å². The summed E-state index contributed by atoms with van der Waals surface area (Å²) in [7, 11) is 0. The molecule has 1 aliphatic rings. The maximum atomic E-state index is 12.9. The van der Waals surface area contributed by atoms with E-state index in [1.165, 1.54) is 0 Å². The molecule has 1 atom stereocenters. The molecule has 0 unspecified atom stereocenters. The third-order valence-corrected chi connectivity index (χ3v) is 5.64. The number of allylic oxidation sites excluding steroid dienone is 1. The van der Waals surface area contributed by atoms with E-state index in [1.807, 2.05) is 61.7 Å². The topological polar surface area (TPSA) is 94.5 Å². The lowest BCUT2D eigenvalue weighted by atomic mass is 9.93. The van der Waals surface area contributed by atoms with Crippen molar-refractivity contribution in [3.63, 3.8) is 0 Å². The predicted molar refractivity (Wildman–Crippen MR) is 133 cm³/mol. The predicted octanol–water partition coefficient (Wildman–Crippen LogP) is 4.60. The van der Waals surface area contributed by atoms with Crippen LogP contribution in [0.25, 0.3) is 16.9 Å². The van der Waals surface area contributed by atoms with Gasteiger partial charge in [-0.05, 0) is 56.7 Å². The summed E-state index contributed by atoms with van der Waals surface area (Å²) in [6.45, 7) is 9.71. The van der Waals surface area contributed by atoms with Crippen molar-refractivity contribution < 1.29 is 19.1 Å². The molecular formula is C27H28N4O4. The number of benzene rings is 2. The fourth-order valence-electron chi connectivity index (χ4n) is 4.05. The molecule has 0 spiro atoms. The molecule has 8 nitrogen and oxygen atoms in total. The minimum atomic E-state index is -0.743. The molecule has 8 heteroatoms. The Labute approximate surface area is 204 Å². The zero-order chi connectivity index (χ0) is 24.9. The number of nitrogens with zero attached hydrogens (tertiary/aromatic N) is 2. The molecule has 2 N–H and O–H groups in total. The Hall–Kier alpha value is -4.33. The molecular weight excluding hydrogens is 444 g/mol. The van der Waals surface area contributed by atoms with Gasteiger partial charge in [-0.1, -0.05) is 30.9 Å². The highest BCUT2D eigenvalue weighted by Gasteiger charge is 2.35. The van der Waals surface area contributed by atoms with Gasteiger partial charge in [-0.2, -0.15) is 5.10 Å². The second-order valence-corrected chi connectivity index (χ2v) is 8.08. The van der Waals surface area contributed by atoms with Crippen molar-refractivity contribution in [2.24, 2.45) is 0 Å². The number of amides is 2. The number of carbonyl (C=O) groups excluding carboxylic acids is 2. The summed E-state index contributed by atoms with van der Waals surface area (Å²) in [5, 5.41) is 10.4. The van der Waals surface area contributed by atoms with Crippen molar-refractivity contribution in [3.05, 3.63) is 89.8 Å². The molecule has 0 fully saturated rings. The Morgan fingerprint density at radius 3 is 2.66 bits per heavy atom. The smallest absolute Gasteiger partial charge is 0.338 e. The van der Waals surface area contributed by atoms with Gasteiger partial charge in [0.15, 0.2) is 0 Å². The third-order valence-electron chi connectivity index (χ3n) is 5.64. The molecule has 2 aromatic carbocycles. The molecule has 180 valence electrons. The van der Waals surface area contributed by atoms with Crippen molar-refractivity contribution in [1.29, 1.82) is 0 Å². The third kappa shape index (κ3) is 4.96. The fraction of sp³-hybridized carbons (Fsp3) is 0.222. The van der Waals surface area contributed by atoms with Crippen LogP contribution >= 0.6 is 0 Å². The molecule has 1 aromatic heterocycles. The summed E-state index contributed by atoms with van der Waals surface area (Å²) >= 11 is 0. The minimum absolute atomic E-state index is 0.220. The van der Waals surface area contributed by atoms with E-state index in [2.05, 4.69) is 17.2 Å². The van der Waals surface area contributed by atoms with Crippen molar-refractivity contribution in [2.45, 2.75) is 26.8 Å². The normalized spacial score (nSPS) is 15.3. The average Bonchev–Trinajstić information content (AvgIpc) is 3.29. The molecule has 0 radical (unpaired) electrons. The van der Waals surface area contributed by atoms with Gasteiger partial charge in [0.05, 0.1) is 29.6 Å². The molecule has 0 saturated carbocycles. The van der Waals surface area contributed by atoms with Crippen LogP contribution in [0.2, 0.25) is 0 Å². The van der Waals surface area contributed by atoms with Gasteiger partial charge in [-0.25, -0.2) is 14.3 Å². The summed E-state index contributed by atoms with van der Waals surface area (Å²) in [4.78, 5) is 25.3. The quantitative estimate of drug-likeness (QED) is 0.369. The van der Waals surface area contributed by atoms with Crippen LogP contribution in [0.5, 0.6) is 5.75 Å². The van der Waals surface area contributed by atoms with Crippen molar-refractivity contribution in [2.75, 3.05) is 13.2 Å². The minimum Gasteiger partial charge on any atom is -0.489 e. The number of hydrogen-bond acceptors (Lipinski definition) is 5. The van der Waals surface area contributed by atoms with Crippen LogP contribution in [0.1, 0.15) is 31.0 Å². The molecule has 2 amide bonds. The molecule has 1 aliphatic heterocycles. The van der Waals surface area contributed by atoms with Gasteiger partial charge in [0.25, 0.3) is 0 Å². The van der Waals surface area contributed by atoms with Crippen LogP contribution in [0.3, 0.4) is 0 Å². The summed E-state index contributed by atoms with van der Waals surface area (Å²) in [5.74, 6) is 0.251. The van der Waals surface area contributed by atoms with Crippen LogP contribution in [-0.4, -0.2) is 35.0 Å². The largest absolute Gasteiger partial charge is 0.489 e. The Kier molecular flexibility index (Phi) is 7.01. The van der Waals surface area contributed by atoms with Crippen molar-refractivity contribution in [1.82, 2.24) is 20.4 Å². The zero-order valence-corrected chi connectivity index (χ0v) is 20.0. The summed E-state index contributed by atoms with van der Waals surface area (Å²) in [6, 6.07) is 14.3. The van der Waals surface area contributed by atoms with Gasteiger partial charge in [0, 0.05) is 23.0 Å². The van der Waals surface area contributed by atoms with Gasteiger partial charge < -0.3 is 20.1 Å². The summed E-state index contributed by atoms with van der Waals surface area (Å²) in [6.07, 6.45) is 3.53. The number of urea groups is 1. The van der Waals surface area contributed by atoms with E-state index >= 15 is 0 Å². The number of aryl methyl sites for hydroxylation is 1. The number of para-hydroxylation sites is 1. The van der Waals surface area contributed by atoms with Gasteiger partial charge in [0.1, 0.15) is 12.4 Å². The monoisotopic (exact) mass is 472 g/mol. The molecule has 3 aromatic rings. The molecule has 35 heavy (non-hydrogen) atoms. The number of esters is 1. The first-order valence-corrected chi connectivity index (χ1v) is 11.4. The van der Waals surface area contributed by atoms with Gasteiger partial charge in [-0.15, -0.1) is 0 Å². The fourth-order valence-corrected chi connectivity index (χ4v) is 4.05. The highest BCUT2D eigenvalue weighted by atomic mass is 16.5. The highest BCUT2D eigenvalue weighted by Crippen LogP contribution is 2.36. The lowest BCUT2D eigenvalue weighted by molar-refractivity contribution is -0.139. The van der Waals surface area contributed by atoms with E-state index in [0.29, 0.717) is 29.1 Å². The molecule has 0 saturated heterocycles. The number of hydrogen-bond donors (Lipinski definition) is 2. The van der Waals surface area contributed by atoms with Crippen LogP contribution in [0.4, 0.5) is 4.79 Å². The van der Waals surface area contributed by atoms with Gasteiger partial charge >= 0.3 is 12.0 Å². The Balaban J connectivity index is 1.87. The zero-order valence-electron chi connectivity index (χ0n) is 20.0. The Morgan fingerprint density at radius 1 is 1.20 bits per heavy atom. The molecule has 0 bridgehead atoms. The first-order valence-electron chi connectivity index (χ1n) is 11.4. The van der Waals surface area contributed by atoms with E-state index in [4.69, 9.17) is 14.6 Å². The lowest BCUT2D eigenvalue weighted by Gasteiger charge is -2.27. The molecule has 0 aliphatic carbocycles.